The fourth-order valence-electron chi connectivity index (χ4n) is 1.67. The molecule has 20 heavy (non-hydrogen) atoms. The molecular weight excluding hydrogens is 256 g/mol. The molecule has 0 saturated carbocycles. The summed E-state index contributed by atoms with van der Waals surface area (Å²) < 4.78 is 0. The molecule has 0 aliphatic rings. The predicted molar refractivity (Wildman–Crippen MR) is 75.1 cm³/mol. The highest BCUT2D eigenvalue weighted by Crippen LogP contribution is 2.25. The van der Waals surface area contributed by atoms with Gasteiger partial charge in [-0.2, -0.15) is 10.2 Å². The summed E-state index contributed by atoms with van der Waals surface area (Å²) in [5.74, 6) is -1.49. The molecule has 0 spiro atoms. The lowest BCUT2D eigenvalue weighted by atomic mass is 10.1. The van der Waals surface area contributed by atoms with Gasteiger partial charge in [-0.05, 0) is 42.3 Å². The molecule has 102 valence electrons. The highest BCUT2D eigenvalue weighted by atomic mass is 16.4. The highest BCUT2D eigenvalue weighted by Gasteiger charge is 2.09. The van der Waals surface area contributed by atoms with Crippen molar-refractivity contribution in [2.24, 2.45) is 10.2 Å². The maximum Gasteiger partial charge on any atom is 0.339 e. The second-order valence-corrected chi connectivity index (χ2v) is 4.23. The van der Waals surface area contributed by atoms with E-state index in [1.165, 1.54) is 23.8 Å². The van der Waals surface area contributed by atoms with Crippen molar-refractivity contribution in [2.45, 2.75) is 13.3 Å². The molecule has 2 aromatic rings. The van der Waals surface area contributed by atoms with Crippen LogP contribution in [0.3, 0.4) is 0 Å². The molecule has 0 atom stereocenters. The zero-order valence-electron chi connectivity index (χ0n) is 10.9. The molecule has 2 N–H and O–H groups in total. The van der Waals surface area contributed by atoms with E-state index in [0.29, 0.717) is 11.4 Å². The number of carboxylic acid groups (broad SMARTS) is 1. The molecule has 5 nitrogen and oxygen atoms in total. The molecular formula is C15H14N2O3. The number of rotatable bonds is 4. The minimum atomic E-state index is -1.20. The van der Waals surface area contributed by atoms with Crippen LogP contribution in [0.25, 0.3) is 0 Å². The monoisotopic (exact) mass is 270 g/mol. The van der Waals surface area contributed by atoms with Gasteiger partial charge in [-0.3, -0.25) is 0 Å². The first-order valence-corrected chi connectivity index (χ1v) is 6.17. The van der Waals surface area contributed by atoms with Crippen LogP contribution in [0.2, 0.25) is 0 Å². The van der Waals surface area contributed by atoms with E-state index in [1.54, 1.807) is 0 Å². The fraction of sp³-hybridized carbons (Fsp3) is 0.133. The lowest BCUT2D eigenvalue weighted by Crippen LogP contribution is -1.95. The number of aryl methyl sites for hydroxylation is 1. The number of hydrogen-bond acceptors (Lipinski definition) is 4. The van der Waals surface area contributed by atoms with E-state index in [0.717, 1.165) is 6.42 Å². The average molecular weight is 270 g/mol. The molecule has 0 saturated heterocycles. The molecule has 0 aliphatic carbocycles. The summed E-state index contributed by atoms with van der Waals surface area (Å²) in [5.41, 5.74) is 2.08. The van der Waals surface area contributed by atoms with Gasteiger partial charge in [0.05, 0.1) is 11.4 Å². The molecule has 0 aliphatic heterocycles. The maximum atomic E-state index is 10.9. The Morgan fingerprint density at radius 2 is 1.65 bits per heavy atom. The van der Waals surface area contributed by atoms with Gasteiger partial charge in [0.2, 0.25) is 0 Å². The van der Waals surface area contributed by atoms with Crippen molar-refractivity contribution < 1.29 is 15.0 Å². The molecule has 0 radical (unpaired) electrons. The third-order valence-electron chi connectivity index (χ3n) is 2.84. The topological polar surface area (TPSA) is 82.2 Å². The first kappa shape index (κ1) is 13.7. The fourth-order valence-corrected chi connectivity index (χ4v) is 1.67. The van der Waals surface area contributed by atoms with Gasteiger partial charge in [0.25, 0.3) is 0 Å². The second-order valence-electron chi connectivity index (χ2n) is 4.23. The van der Waals surface area contributed by atoms with Gasteiger partial charge in [0.15, 0.2) is 0 Å². The van der Waals surface area contributed by atoms with Crippen molar-refractivity contribution >= 4 is 17.3 Å². The van der Waals surface area contributed by atoms with E-state index in [-0.39, 0.29) is 11.3 Å². The minimum Gasteiger partial charge on any atom is -0.507 e. The standard InChI is InChI=1S/C15H14N2O3/c1-2-10-3-5-11(6-4-10)16-17-12-7-8-14(18)13(9-12)15(19)20/h3-9,18H,2H2,1H3,(H,19,20). The van der Waals surface area contributed by atoms with Gasteiger partial charge < -0.3 is 10.2 Å². The second kappa shape index (κ2) is 5.97. The Labute approximate surface area is 116 Å². The smallest absolute Gasteiger partial charge is 0.339 e. The largest absolute Gasteiger partial charge is 0.507 e. The summed E-state index contributed by atoms with van der Waals surface area (Å²) in [5, 5.41) is 26.3. The number of azo groups is 1. The number of hydrogen-bond donors (Lipinski definition) is 2. The van der Waals surface area contributed by atoms with Crippen LogP contribution in [0.5, 0.6) is 5.75 Å². The van der Waals surface area contributed by atoms with E-state index in [1.807, 2.05) is 24.3 Å². The van der Waals surface area contributed by atoms with Crippen LogP contribution in [0.4, 0.5) is 11.4 Å². The van der Waals surface area contributed by atoms with Crippen molar-refractivity contribution in [3.8, 4) is 5.75 Å². The lowest BCUT2D eigenvalue weighted by molar-refractivity contribution is 0.0694. The van der Waals surface area contributed by atoms with Crippen molar-refractivity contribution in [2.75, 3.05) is 0 Å². The summed E-state index contributed by atoms with van der Waals surface area (Å²) in [6.45, 7) is 2.07. The maximum absolute atomic E-state index is 10.9. The quantitative estimate of drug-likeness (QED) is 0.821. The Hall–Kier alpha value is -2.69. The normalized spacial score (nSPS) is 10.8. The van der Waals surface area contributed by atoms with E-state index >= 15 is 0 Å². The molecule has 2 aromatic carbocycles. The third-order valence-corrected chi connectivity index (χ3v) is 2.84. The van der Waals surface area contributed by atoms with Gasteiger partial charge in [-0.15, -0.1) is 0 Å². The van der Waals surface area contributed by atoms with Crippen molar-refractivity contribution in [1.82, 2.24) is 0 Å². The van der Waals surface area contributed by atoms with Crippen LogP contribution in [0.15, 0.2) is 52.7 Å². The molecule has 0 fully saturated rings. The Kier molecular flexibility index (Phi) is 4.10. The summed E-state index contributed by atoms with van der Waals surface area (Å²) in [6.07, 6.45) is 0.956. The Morgan fingerprint density at radius 1 is 1.05 bits per heavy atom. The summed E-state index contributed by atoms with van der Waals surface area (Å²) >= 11 is 0. The van der Waals surface area contributed by atoms with Gasteiger partial charge in [-0.1, -0.05) is 19.1 Å². The van der Waals surface area contributed by atoms with E-state index in [2.05, 4.69) is 17.2 Å². The van der Waals surface area contributed by atoms with Gasteiger partial charge >= 0.3 is 5.97 Å². The Balaban J connectivity index is 2.22. The number of benzene rings is 2. The van der Waals surface area contributed by atoms with Crippen LogP contribution < -0.4 is 0 Å². The Morgan fingerprint density at radius 3 is 2.25 bits per heavy atom. The van der Waals surface area contributed by atoms with Gasteiger partial charge in [0.1, 0.15) is 11.3 Å². The van der Waals surface area contributed by atoms with Crippen molar-refractivity contribution in [3.63, 3.8) is 0 Å². The lowest BCUT2D eigenvalue weighted by Gasteiger charge is -2.00. The summed E-state index contributed by atoms with van der Waals surface area (Å²) in [7, 11) is 0. The van der Waals surface area contributed by atoms with E-state index in [4.69, 9.17) is 5.11 Å². The van der Waals surface area contributed by atoms with Crippen molar-refractivity contribution in [1.29, 1.82) is 0 Å². The zero-order chi connectivity index (χ0) is 14.5. The van der Waals surface area contributed by atoms with Crippen LogP contribution in [0, 0.1) is 0 Å². The molecule has 0 heterocycles. The Bertz CT molecular complexity index is 649. The van der Waals surface area contributed by atoms with Gasteiger partial charge in [0, 0.05) is 0 Å². The number of carboxylic acids is 1. The summed E-state index contributed by atoms with van der Waals surface area (Å²) in [6, 6.07) is 11.7. The van der Waals surface area contributed by atoms with E-state index < -0.39 is 5.97 Å². The molecule has 0 amide bonds. The molecule has 0 unspecified atom stereocenters. The number of aromatic carboxylic acids is 1. The van der Waals surface area contributed by atoms with Crippen LogP contribution >= 0.6 is 0 Å². The minimum absolute atomic E-state index is 0.192. The summed E-state index contributed by atoms with van der Waals surface area (Å²) in [4.78, 5) is 10.9. The third kappa shape index (κ3) is 3.20. The van der Waals surface area contributed by atoms with E-state index in [9.17, 15) is 9.90 Å². The average Bonchev–Trinajstić information content (AvgIpc) is 2.46. The molecule has 2 rings (SSSR count). The van der Waals surface area contributed by atoms with Crippen LogP contribution in [-0.4, -0.2) is 16.2 Å². The van der Waals surface area contributed by atoms with Crippen LogP contribution in [-0.2, 0) is 6.42 Å². The van der Waals surface area contributed by atoms with Gasteiger partial charge in [-0.25, -0.2) is 4.79 Å². The SMILES string of the molecule is CCc1ccc(N=Nc2ccc(O)c(C(=O)O)c2)cc1. The predicted octanol–water partition coefficient (Wildman–Crippen LogP) is 4.07. The molecule has 5 heteroatoms. The zero-order valence-corrected chi connectivity index (χ0v) is 10.9. The number of carbonyl (C=O) groups is 1. The molecule has 0 bridgehead atoms. The highest BCUT2D eigenvalue weighted by molar-refractivity contribution is 5.91. The first-order chi connectivity index (χ1) is 9.60. The van der Waals surface area contributed by atoms with Crippen molar-refractivity contribution in [3.05, 3.63) is 53.6 Å². The number of phenols is 1. The first-order valence-electron chi connectivity index (χ1n) is 6.17. The number of aromatic hydroxyl groups is 1. The van der Waals surface area contributed by atoms with Crippen LogP contribution in [0.1, 0.15) is 22.8 Å². The molecule has 0 aromatic heterocycles. The number of nitrogens with zero attached hydrogens (tertiary/aromatic N) is 2.